The number of aromatic nitrogens is 3. The van der Waals surface area contributed by atoms with Gasteiger partial charge in [0.1, 0.15) is 17.4 Å². The van der Waals surface area contributed by atoms with Crippen LogP contribution in [0.25, 0.3) is 33.3 Å². The molecule has 0 aliphatic heterocycles. The topological polar surface area (TPSA) is 65.4 Å². The quantitative estimate of drug-likeness (QED) is 0.574. The fourth-order valence-electron chi connectivity index (χ4n) is 2.56. The molecule has 2 aromatic carbocycles. The Morgan fingerprint density at radius 1 is 1.00 bits per heavy atom. The molecule has 0 amide bonds. The van der Waals surface area contributed by atoms with Crippen molar-refractivity contribution in [3.05, 3.63) is 60.3 Å². The molecule has 21 heavy (non-hydrogen) atoms. The molecule has 2 aromatic heterocycles. The number of rotatable bonds is 1. The van der Waals surface area contributed by atoms with Crippen molar-refractivity contribution in [1.82, 2.24) is 15.0 Å². The number of benzene rings is 2. The zero-order valence-electron chi connectivity index (χ0n) is 11.0. The maximum atomic E-state index is 9.17. The molecule has 0 atom stereocenters. The van der Waals surface area contributed by atoms with Crippen molar-refractivity contribution in [3.8, 4) is 17.5 Å². The van der Waals surface area contributed by atoms with Crippen molar-refractivity contribution in [1.29, 1.82) is 5.26 Å². The molecular formula is C17H10N4. The molecule has 0 saturated carbocycles. The molecule has 4 aromatic rings. The van der Waals surface area contributed by atoms with E-state index >= 15 is 0 Å². The van der Waals surface area contributed by atoms with Crippen LogP contribution in [0.15, 0.2) is 54.7 Å². The number of nitrogens with zero attached hydrogens (tertiary/aromatic N) is 3. The Labute approximate surface area is 120 Å². The predicted molar refractivity (Wildman–Crippen MR) is 81.5 cm³/mol. The summed E-state index contributed by atoms with van der Waals surface area (Å²) in [4.78, 5) is 12.2. The first-order valence-corrected chi connectivity index (χ1v) is 6.60. The van der Waals surface area contributed by atoms with Gasteiger partial charge in [0, 0.05) is 17.1 Å². The van der Waals surface area contributed by atoms with Crippen LogP contribution in [-0.4, -0.2) is 15.0 Å². The van der Waals surface area contributed by atoms with E-state index in [1.807, 2.05) is 42.5 Å². The fraction of sp³-hybridized carbons (Fsp3) is 0. The van der Waals surface area contributed by atoms with Crippen LogP contribution in [-0.2, 0) is 0 Å². The Morgan fingerprint density at radius 3 is 2.81 bits per heavy atom. The van der Waals surface area contributed by atoms with Crippen molar-refractivity contribution in [2.45, 2.75) is 0 Å². The van der Waals surface area contributed by atoms with Crippen molar-refractivity contribution in [2.75, 3.05) is 0 Å². The first-order chi connectivity index (χ1) is 10.4. The van der Waals surface area contributed by atoms with Gasteiger partial charge in [-0.05, 0) is 24.3 Å². The Kier molecular flexibility index (Phi) is 2.45. The fourth-order valence-corrected chi connectivity index (χ4v) is 2.56. The molecule has 0 aliphatic rings. The Balaban J connectivity index is 2.03. The number of imidazole rings is 1. The zero-order valence-corrected chi connectivity index (χ0v) is 11.0. The SMILES string of the molecule is N#Cc1cccc2[nH]c(-c3cccc4ncccc34)nc12. The number of hydrogen-bond acceptors (Lipinski definition) is 3. The van der Waals surface area contributed by atoms with Gasteiger partial charge in [0.05, 0.1) is 16.6 Å². The highest BCUT2D eigenvalue weighted by Crippen LogP contribution is 2.28. The van der Waals surface area contributed by atoms with Crippen LogP contribution >= 0.6 is 0 Å². The van der Waals surface area contributed by atoms with Crippen molar-refractivity contribution < 1.29 is 0 Å². The van der Waals surface area contributed by atoms with E-state index in [1.165, 1.54) is 0 Å². The van der Waals surface area contributed by atoms with Gasteiger partial charge in [0.2, 0.25) is 0 Å². The summed E-state index contributed by atoms with van der Waals surface area (Å²) in [5, 5.41) is 10.2. The maximum absolute atomic E-state index is 9.17. The third-order valence-corrected chi connectivity index (χ3v) is 3.53. The van der Waals surface area contributed by atoms with Gasteiger partial charge in [-0.1, -0.05) is 24.3 Å². The number of nitrogens with one attached hydrogen (secondary N) is 1. The van der Waals surface area contributed by atoms with Gasteiger partial charge in [0.25, 0.3) is 0 Å². The van der Waals surface area contributed by atoms with E-state index in [4.69, 9.17) is 0 Å². The summed E-state index contributed by atoms with van der Waals surface area (Å²) in [7, 11) is 0. The van der Waals surface area contributed by atoms with Gasteiger partial charge >= 0.3 is 0 Å². The Morgan fingerprint density at radius 2 is 1.90 bits per heavy atom. The highest BCUT2D eigenvalue weighted by molar-refractivity contribution is 5.95. The predicted octanol–water partition coefficient (Wildman–Crippen LogP) is 3.65. The zero-order chi connectivity index (χ0) is 14.2. The minimum absolute atomic E-state index is 0.577. The molecule has 0 radical (unpaired) electrons. The minimum Gasteiger partial charge on any atom is -0.338 e. The van der Waals surface area contributed by atoms with E-state index in [0.717, 1.165) is 27.8 Å². The van der Waals surface area contributed by atoms with Crippen LogP contribution in [0.2, 0.25) is 0 Å². The monoisotopic (exact) mass is 270 g/mol. The van der Waals surface area contributed by atoms with Crippen molar-refractivity contribution in [2.24, 2.45) is 0 Å². The first kappa shape index (κ1) is 11.6. The summed E-state index contributed by atoms with van der Waals surface area (Å²) in [6, 6.07) is 17.6. The van der Waals surface area contributed by atoms with E-state index in [9.17, 15) is 5.26 Å². The summed E-state index contributed by atoms with van der Waals surface area (Å²) < 4.78 is 0. The molecule has 0 aliphatic carbocycles. The molecule has 98 valence electrons. The van der Waals surface area contributed by atoms with Gasteiger partial charge in [-0.2, -0.15) is 5.26 Å². The van der Waals surface area contributed by atoms with Crippen LogP contribution < -0.4 is 0 Å². The summed E-state index contributed by atoms with van der Waals surface area (Å²) in [5.41, 5.74) is 4.06. The van der Waals surface area contributed by atoms with Gasteiger partial charge < -0.3 is 4.98 Å². The first-order valence-electron chi connectivity index (χ1n) is 6.60. The van der Waals surface area contributed by atoms with Gasteiger partial charge in [-0.3, -0.25) is 4.98 Å². The number of nitriles is 1. The second-order valence-corrected chi connectivity index (χ2v) is 4.77. The van der Waals surface area contributed by atoms with Gasteiger partial charge in [-0.15, -0.1) is 0 Å². The number of hydrogen-bond donors (Lipinski definition) is 1. The normalized spacial score (nSPS) is 10.8. The average Bonchev–Trinajstić information content (AvgIpc) is 2.98. The van der Waals surface area contributed by atoms with Crippen LogP contribution in [0.5, 0.6) is 0 Å². The highest BCUT2D eigenvalue weighted by atomic mass is 14.9. The van der Waals surface area contributed by atoms with Crippen LogP contribution in [0.4, 0.5) is 0 Å². The molecule has 4 nitrogen and oxygen atoms in total. The lowest BCUT2D eigenvalue weighted by Crippen LogP contribution is -1.85. The molecule has 0 bridgehead atoms. The third kappa shape index (κ3) is 1.76. The average molecular weight is 270 g/mol. The number of fused-ring (bicyclic) bond motifs is 2. The number of H-pyrrole nitrogens is 1. The summed E-state index contributed by atoms with van der Waals surface area (Å²) in [5.74, 6) is 0.756. The van der Waals surface area contributed by atoms with Crippen molar-refractivity contribution >= 4 is 21.9 Å². The van der Waals surface area contributed by atoms with E-state index < -0.39 is 0 Å². The van der Waals surface area contributed by atoms with E-state index in [2.05, 4.69) is 21.0 Å². The molecule has 0 saturated heterocycles. The molecule has 0 spiro atoms. The van der Waals surface area contributed by atoms with E-state index in [1.54, 1.807) is 12.3 Å². The van der Waals surface area contributed by atoms with Gasteiger partial charge in [-0.25, -0.2) is 4.98 Å². The summed E-state index contributed by atoms with van der Waals surface area (Å²) in [6.45, 7) is 0. The largest absolute Gasteiger partial charge is 0.338 e. The minimum atomic E-state index is 0.577. The van der Waals surface area contributed by atoms with E-state index in [-0.39, 0.29) is 0 Å². The number of para-hydroxylation sites is 1. The Hall–Kier alpha value is -3.19. The summed E-state index contributed by atoms with van der Waals surface area (Å²) in [6.07, 6.45) is 1.78. The lowest BCUT2D eigenvalue weighted by molar-refractivity contribution is 1.33. The molecule has 4 heteroatoms. The van der Waals surface area contributed by atoms with Crippen molar-refractivity contribution in [3.63, 3.8) is 0 Å². The second kappa shape index (κ2) is 4.43. The molecule has 0 fully saturated rings. The van der Waals surface area contributed by atoms with Crippen LogP contribution in [0.3, 0.4) is 0 Å². The molecular weight excluding hydrogens is 260 g/mol. The molecule has 0 unspecified atom stereocenters. The van der Waals surface area contributed by atoms with Crippen LogP contribution in [0.1, 0.15) is 5.56 Å². The van der Waals surface area contributed by atoms with Gasteiger partial charge in [0.15, 0.2) is 0 Å². The number of aromatic amines is 1. The summed E-state index contributed by atoms with van der Waals surface area (Å²) >= 11 is 0. The van der Waals surface area contributed by atoms with Crippen LogP contribution in [0, 0.1) is 11.3 Å². The standard InChI is InChI=1S/C17H10N4/c18-10-11-4-1-8-15-16(11)21-17(20-15)13-5-2-7-14-12(13)6-3-9-19-14/h1-9H,(H,20,21). The molecule has 1 N–H and O–H groups in total. The smallest absolute Gasteiger partial charge is 0.139 e. The lowest BCUT2D eigenvalue weighted by Gasteiger charge is -2.02. The third-order valence-electron chi connectivity index (χ3n) is 3.53. The number of pyridine rings is 1. The maximum Gasteiger partial charge on any atom is 0.139 e. The van der Waals surface area contributed by atoms with E-state index in [0.29, 0.717) is 11.1 Å². The lowest BCUT2D eigenvalue weighted by atomic mass is 10.1. The highest BCUT2D eigenvalue weighted by Gasteiger charge is 2.11. The second-order valence-electron chi connectivity index (χ2n) is 4.77. The molecule has 2 heterocycles. The molecule has 4 rings (SSSR count). The Bertz CT molecular complexity index is 1000.